The number of fused-ring (bicyclic) bond motifs is 1. The fraction of sp³-hybridized carbons (Fsp3) is 0.167. The molecule has 7 nitrogen and oxygen atoms in total. The Hall–Kier alpha value is -2.48. The molecule has 102 valence electrons. The van der Waals surface area contributed by atoms with E-state index in [0.29, 0.717) is 10.2 Å². The van der Waals surface area contributed by atoms with E-state index < -0.39 is 0 Å². The number of nitrogens with one attached hydrogen (secondary N) is 1. The molecule has 0 amide bonds. The van der Waals surface area contributed by atoms with E-state index in [-0.39, 0.29) is 29.8 Å². The van der Waals surface area contributed by atoms with Gasteiger partial charge in [-0.2, -0.15) is 0 Å². The molecule has 8 heteroatoms. The van der Waals surface area contributed by atoms with Crippen molar-refractivity contribution in [3.8, 4) is 0 Å². The largest absolute Gasteiger partial charge is 0.297 e. The van der Waals surface area contributed by atoms with E-state index in [4.69, 9.17) is 0 Å². The van der Waals surface area contributed by atoms with Crippen molar-refractivity contribution in [1.29, 1.82) is 0 Å². The second-order valence-corrected chi connectivity index (χ2v) is 5.08. The van der Waals surface area contributed by atoms with E-state index in [1.807, 2.05) is 5.38 Å². The number of nitrogens with zero attached hydrogens (tertiary/aromatic N) is 3. The summed E-state index contributed by atoms with van der Waals surface area (Å²) in [4.78, 5) is 39.7. The van der Waals surface area contributed by atoms with Gasteiger partial charge in [0, 0.05) is 18.7 Å². The van der Waals surface area contributed by atoms with Crippen LogP contribution in [-0.2, 0) is 13.1 Å². The molecule has 0 saturated carbocycles. The average Bonchev–Trinajstić information content (AvgIpc) is 2.91. The summed E-state index contributed by atoms with van der Waals surface area (Å²) in [6, 6.07) is 4.09. The highest BCUT2D eigenvalue weighted by molar-refractivity contribution is 7.16. The Labute approximate surface area is 115 Å². The number of hydrogen-bond acceptors (Lipinski definition) is 5. The van der Waals surface area contributed by atoms with Gasteiger partial charge in [-0.05, 0) is 11.4 Å². The molecule has 0 radical (unpaired) electrons. The molecular formula is C12H10N4O3S. The molecule has 0 saturated heterocycles. The Morgan fingerprint density at radius 3 is 2.85 bits per heavy atom. The van der Waals surface area contributed by atoms with Crippen LogP contribution < -0.4 is 16.7 Å². The first-order chi connectivity index (χ1) is 9.65. The van der Waals surface area contributed by atoms with Gasteiger partial charge < -0.3 is 0 Å². The number of hydrogen-bond donors (Lipinski definition) is 1. The predicted octanol–water partition coefficient (Wildman–Crippen LogP) is 0.00820. The molecule has 0 aliphatic carbocycles. The Bertz CT molecular complexity index is 934. The minimum Gasteiger partial charge on any atom is -0.297 e. The van der Waals surface area contributed by atoms with E-state index in [2.05, 4.69) is 10.1 Å². The monoisotopic (exact) mass is 290 g/mol. The molecule has 3 aromatic rings. The maximum atomic E-state index is 12.1. The SMILES string of the molecule is O=c1ccc(=O)n(CCn2cnc3sccc3c2=O)[nH]1. The molecule has 0 bridgehead atoms. The van der Waals surface area contributed by atoms with Crippen molar-refractivity contribution in [2.45, 2.75) is 13.1 Å². The summed E-state index contributed by atoms with van der Waals surface area (Å²) in [5.41, 5.74) is -0.826. The lowest BCUT2D eigenvalue weighted by atomic mass is 10.4. The quantitative estimate of drug-likeness (QED) is 0.735. The summed E-state index contributed by atoms with van der Waals surface area (Å²) in [5.74, 6) is 0. The highest BCUT2D eigenvalue weighted by Gasteiger charge is 2.05. The normalized spacial score (nSPS) is 11.0. The Morgan fingerprint density at radius 1 is 1.15 bits per heavy atom. The van der Waals surface area contributed by atoms with Crippen LogP contribution in [0.1, 0.15) is 0 Å². The summed E-state index contributed by atoms with van der Waals surface area (Å²) in [5, 5.41) is 4.78. The van der Waals surface area contributed by atoms with Gasteiger partial charge in [0.25, 0.3) is 16.7 Å². The summed E-state index contributed by atoms with van der Waals surface area (Å²) in [6.45, 7) is 0.462. The van der Waals surface area contributed by atoms with Gasteiger partial charge in [0.1, 0.15) is 4.83 Å². The maximum absolute atomic E-state index is 12.1. The number of rotatable bonds is 3. The molecule has 0 unspecified atom stereocenters. The van der Waals surface area contributed by atoms with Crippen LogP contribution in [0.25, 0.3) is 10.2 Å². The van der Waals surface area contributed by atoms with E-state index >= 15 is 0 Å². The van der Waals surface area contributed by atoms with Crippen molar-refractivity contribution in [2.75, 3.05) is 0 Å². The second-order valence-electron chi connectivity index (χ2n) is 4.18. The number of H-pyrrole nitrogens is 1. The van der Waals surface area contributed by atoms with Crippen molar-refractivity contribution in [3.05, 3.63) is 61.0 Å². The minimum absolute atomic E-state index is 0.150. The van der Waals surface area contributed by atoms with E-state index in [0.717, 1.165) is 0 Å². The molecule has 3 aromatic heterocycles. The van der Waals surface area contributed by atoms with E-state index in [1.54, 1.807) is 6.07 Å². The molecular weight excluding hydrogens is 280 g/mol. The van der Waals surface area contributed by atoms with Gasteiger partial charge in [-0.15, -0.1) is 11.3 Å². The van der Waals surface area contributed by atoms with Crippen LogP contribution in [-0.4, -0.2) is 19.3 Å². The van der Waals surface area contributed by atoms with E-state index in [9.17, 15) is 14.4 Å². The highest BCUT2D eigenvalue weighted by Crippen LogP contribution is 2.13. The van der Waals surface area contributed by atoms with Gasteiger partial charge in [0.2, 0.25) is 0 Å². The summed E-state index contributed by atoms with van der Waals surface area (Å²) >= 11 is 1.40. The minimum atomic E-state index is -0.358. The van der Waals surface area contributed by atoms with Gasteiger partial charge in [-0.3, -0.25) is 24.0 Å². The van der Waals surface area contributed by atoms with Crippen LogP contribution in [0.5, 0.6) is 0 Å². The van der Waals surface area contributed by atoms with Crippen molar-refractivity contribution < 1.29 is 0 Å². The molecule has 0 aromatic carbocycles. The molecule has 0 atom stereocenters. The lowest BCUT2D eigenvalue weighted by Gasteiger charge is -2.07. The fourth-order valence-corrected chi connectivity index (χ4v) is 2.61. The molecule has 0 aliphatic rings. The molecule has 20 heavy (non-hydrogen) atoms. The Balaban J connectivity index is 1.92. The van der Waals surface area contributed by atoms with Crippen LogP contribution in [0.3, 0.4) is 0 Å². The highest BCUT2D eigenvalue weighted by atomic mass is 32.1. The lowest BCUT2D eigenvalue weighted by molar-refractivity contribution is 0.496. The first-order valence-electron chi connectivity index (χ1n) is 5.88. The lowest BCUT2D eigenvalue weighted by Crippen LogP contribution is -2.31. The Morgan fingerprint density at radius 2 is 2.00 bits per heavy atom. The first-order valence-corrected chi connectivity index (χ1v) is 6.76. The summed E-state index contributed by atoms with van der Waals surface area (Å²) in [7, 11) is 0. The topological polar surface area (TPSA) is 89.8 Å². The molecule has 0 spiro atoms. The van der Waals surface area contributed by atoms with Gasteiger partial charge >= 0.3 is 0 Å². The van der Waals surface area contributed by atoms with Crippen molar-refractivity contribution in [2.24, 2.45) is 0 Å². The average molecular weight is 290 g/mol. The van der Waals surface area contributed by atoms with E-state index in [1.165, 1.54) is 39.0 Å². The van der Waals surface area contributed by atoms with Crippen molar-refractivity contribution >= 4 is 21.6 Å². The predicted molar refractivity (Wildman–Crippen MR) is 75.2 cm³/mol. The first kappa shape index (κ1) is 12.5. The smallest absolute Gasteiger partial charge is 0.265 e. The number of aromatic nitrogens is 4. The summed E-state index contributed by atoms with van der Waals surface area (Å²) < 4.78 is 2.60. The van der Waals surface area contributed by atoms with Gasteiger partial charge in [-0.1, -0.05) is 0 Å². The van der Waals surface area contributed by atoms with Crippen LogP contribution >= 0.6 is 11.3 Å². The van der Waals surface area contributed by atoms with Crippen LogP contribution in [0.2, 0.25) is 0 Å². The van der Waals surface area contributed by atoms with Gasteiger partial charge in [0.15, 0.2) is 0 Å². The number of aromatic amines is 1. The molecule has 3 heterocycles. The zero-order valence-corrected chi connectivity index (χ0v) is 11.1. The summed E-state index contributed by atoms with van der Waals surface area (Å²) in [6.07, 6.45) is 1.45. The molecule has 1 N–H and O–H groups in total. The third kappa shape index (κ3) is 2.21. The zero-order chi connectivity index (χ0) is 14.1. The second kappa shape index (κ2) is 4.89. The van der Waals surface area contributed by atoms with Crippen LogP contribution in [0, 0.1) is 0 Å². The number of thiophene rings is 1. The molecule has 3 rings (SSSR count). The van der Waals surface area contributed by atoms with Gasteiger partial charge in [-0.25, -0.2) is 9.67 Å². The third-order valence-electron chi connectivity index (χ3n) is 2.90. The fourth-order valence-electron chi connectivity index (χ4n) is 1.89. The standard InChI is InChI=1S/C12H10N4O3S/c17-9-1-2-10(18)16(14-9)5-4-15-7-13-11-8(12(15)19)3-6-20-11/h1-3,6-7H,4-5H2,(H,14,17). The molecule has 0 fully saturated rings. The van der Waals surface area contributed by atoms with Crippen LogP contribution in [0.4, 0.5) is 0 Å². The van der Waals surface area contributed by atoms with Crippen LogP contribution in [0.15, 0.2) is 44.3 Å². The van der Waals surface area contributed by atoms with Gasteiger partial charge in [0.05, 0.1) is 18.3 Å². The number of aryl methyl sites for hydroxylation is 2. The zero-order valence-electron chi connectivity index (χ0n) is 10.3. The third-order valence-corrected chi connectivity index (χ3v) is 3.72. The van der Waals surface area contributed by atoms with Crippen molar-refractivity contribution in [1.82, 2.24) is 19.3 Å². The maximum Gasteiger partial charge on any atom is 0.265 e. The Kier molecular flexibility index (Phi) is 3.07. The van der Waals surface area contributed by atoms with Crippen molar-refractivity contribution in [3.63, 3.8) is 0 Å². The molecule has 0 aliphatic heterocycles.